The Hall–Kier alpha value is -1.03. The van der Waals surface area contributed by atoms with E-state index >= 15 is 0 Å². The first-order valence-electron chi connectivity index (χ1n) is 6.88. The number of carboxylic acid groups (broad SMARTS) is 1. The molecule has 0 amide bonds. The molecule has 1 aromatic carbocycles. The number of nitrogens with one attached hydrogen (secondary N) is 1. The van der Waals surface area contributed by atoms with E-state index in [-0.39, 0.29) is 0 Å². The van der Waals surface area contributed by atoms with Gasteiger partial charge in [0.2, 0.25) is 0 Å². The molecule has 0 heterocycles. The highest BCUT2D eigenvalue weighted by Gasteiger charge is 2.22. The Morgan fingerprint density at radius 2 is 2.05 bits per heavy atom. The maximum atomic E-state index is 11.4. The number of anilines is 1. The Kier molecular flexibility index (Phi) is 4.86. The molecule has 1 aromatic rings. The molecule has 0 aliphatic heterocycles. The van der Waals surface area contributed by atoms with Crippen LogP contribution >= 0.6 is 15.9 Å². The molecule has 2 N–H and O–H groups in total. The molecule has 1 aliphatic rings. The summed E-state index contributed by atoms with van der Waals surface area (Å²) in [4.78, 5) is 11.4. The van der Waals surface area contributed by atoms with Gasteiger partial charge >= 0.3 is 5.97 Å². The molecule has 0 radical (unpaired) electrons. The second kappa shape index (κ2) is 6.42. The van der Waals surface area contributed by atoms with Gasteiger partial charge in [0.15, 0.2) is 0 Å². The second-order valence-electron chi connectivity index (χ2n) is 5.33. The maximum Gasteiger partial charge on any atom is 0.338 e. The summed E-state index contributed by atoms with van der Waals surface area (Å²) in [6.45, 7) is 2.25. The molecule has 19 heavy (non-hydrogen) atoms. The van der Waals surface area contributed by atoms with Gasteiger partial charge in [0, 0.05) is 10.5 Å². The molecule has 0 aromatic heterocycles. The molecule has 0 bridgehead atoms. The van der Waals surface area contributed by atoms with Crippen molar-refractivity contribution in [2.45, 2.75) is 45.1 Å². The molecule has 104 valence electrons. The summed E-state index contributed by atoms with van der Waals surface area (Å²) in [5.74, 6) is -0.306. The molecule has 0 spiro atoms. The first-order chi connectivity index (χ1) is 9.09. The predicted molar refractivity (Wildman–Crippen MR) is 80.8 cm³/mol. The summed E-state index contributed by atoms with van der Waals surface area (Å²) in [5.41, 5.74) is 1.06. The van der Waals surface area contributed by atoms with E-state index in [0.717, 1.165) is 12.1 Å². The fourth-order valence-electron chi connectivity index (χ4n) is 2.77. The van der Waals surface area contributed by atoms with Crippen LogP contribution in [0.25, 0.3) is 0 Å². The van der Waals surface area contributed by atoms with Crippen LogP contribution in [0.2, 0.25) is 0 Å². The van der Waals surface area contributed by atoms with Crippen LogP contribution in [-0.4, -0.2) is 17.1 Å². The number of carboxylic acids is 1. The summed E-state index contributed by atoms with van der Waals surface area (Å²) in [7, 11) is 0. The van der Waals surface area contributed by atoms with E-state index < -0.39 is 5.97 Å². The van der Waals surface area contributed by atoms with Crippen LogP contribution < -0.4 is 5.32 Å². The third-order valence-corrected chi connectivity index (χ3v) is 4.59. The fourth-order valence-corrected chi connectivity index (χ4v) is 3.30. The van der Waals surface area contributed by atoms with Gasteiger partial charge in [-0.15, -0.1) is 0 Å². The van der Waals surface area contributed by atoms with Crippen molar-refractivity contribution in [2.24, 2.45) is 5.92 Å². The Morgan fingerprint density at radius 3 is 2.79 bits per heavy atom. The van der Waals surface area contributed by atoms with Crippen molar-refractivity contribution in [3.8, 4) is 0 Å². The van der Waals surface area contributed by atoms with Gasteiger partial charge in [-0.1, -0.05) is 32.3 Å². The minimum atomic E-state index is -0.892. The molecule has 0 saturated heterocycles. The zero-order chi connectivity index (χ0) is 13.8. The maximum absolute atomic E-state index is 11.4. The van der Waals surface area contributed by atoms with E-state index in [0.29, 0.717) is 22.0 Å². The quantitative estimate of drug-likeness (QED) is 0.803. The normalized spacial score (nSPS) is 23.7. The minimum Gasteiger partial charge on any atom is -0.478 e. The molecule has 2 rings (SSSR count). The molecular formula is C15H20BrNO2. The molecule has 2 atom stereocenters. The van der Waals surface area contributed by atoms with E-state index in [1.54, 1.807) is 6.07 Å². The van der Waals surface area contributed by atoms with E-state index in [1.165, 1.54) is 25.7 Å². The van der Waals surface area contributed by atoms with Crippen molar-refractivity contribution >= 4 is 27.6 Å². The lowest BCUT2D eigenvalue weighted by molar-refractivity contribution is 0.0697. The van der Waals surface area contributed by atoms with Crippen molar-refractivity contribution in [3.05, 3.63) is 28.2 Å². The lowest BCUT2D eigenvalue weighted by atomic mass is 9.96. The van der Waals surface area contributed by atoms with Crippen molar-refractivity contribution in [2.75, 3.05) is 5.32 Å². The lowest BCUT2D eigenvalue weighted by Crippen LogP contribution is -2.27. The van der Waals surface area contributed by atoms with Crippen molar-refractivity contribution in [1.82, 2.24) is 0 Å². The fraction of sp³-hybridized carbons (Fsp3) is 0.533. The summed E-state index contributed by atoms with van der Waals surface area (Å²) >= 11 is 3.32. The average Bonchev–Trinajstić information content (AvgIpc) is 2.54. The average molecular weight is 326 g/mol. The van der Waals surface area contributed by atoms with Gasteiger partial charge in [0.1, 0.15) is 0 Å². The molecular weight excluding hydrogens is 306 g/mol. The molecule has 1 fully saturated rings. The number of aromatic carboxylic acids is 1. The Balaban J connectivity index is 2.22. The number of carbonyl (C=O) groups is 1. The lowest BCUT2D eigenvalue weighted by Gasteiger charge is -2.25. The predicted octanol–water partition coefficient (Wildman–Crippen LogP) is 4.53. The first-order valence-corrected chi connectivity index (χ1v) is 7.67. The minimum absolute atomic E-state index is 0.332. The molecule has 1 aliphatic carbocycles. The molecule has 3 nitrogen and oxygen atoms in total. The largest absolute Gasteiger partial charge is 0.478 e. The van der Waals surface area contributed by atoms with Gasteiger partial charge in [-0.2, -0.15) is 0 Å². The van der Waals surface area contributed by atoms with Crippen LogP contribution in [0.5, 0.6) is 0 Å². The Morgan fingerprint density at radius 1 is 1.32 bits per heavy atom. The third kappa shape index (κ3) is 3.50. The number of hydrogen-bond acceptors (Lipinski definition) is 2. The highest BCUT2D eigenvalue weighted by molar-refractivity contribution is 9.10. The summed E-state index contributed by atoms with van der Waals surface area (Å²) in [6.07, 6.45) is 6.12. The Labute approximate surface area is 122 Å². The highest BCUT2D eigenvalue weighted by atomic mass is 79.9. The van der Waals surface area contributed by atoms with Crippen LogP contribution in [-0.2, 0) is 0 Å². The van der Waals surface area contributed by atoms with E-state index in [4.69, 9.17) is 0 Å². The van der Waals surface area contributed by atoms with Gasteiger partial charge < -0.3 is 10.4 Å². The third-order valence-electron chi connectivity index (χ3n) is 3.93. The Bertz CT molecular complexity index is 461. The van der Waals surface area contributed by atoms with Crippen LogP contribution in [0.3, 0.4) is 0 Å². The monoisotopic (exact) mass is 325 g/mol. The number of halogens is 1. The van der Waals surface area contributed by atoms with Crippen molar-refractivity contribution < 1.29 is 9.90 Å². The van der Waals surface area contributed by atoms with Gasteiger partial charge in [-0.25, -0.2) is 4.79 Å². The van der Waals surface area contributed by atoms with Gasteiger partial charge in [-0.3, -0.25) is 0 Å². The van der Waals surface area contributed by atoms with Gasteiger partial charge in [0.05, 0.1) is 11.3 Å². The first kappa shape index (κ1) is 14.4. The zero-order valence-electron chi connectivity index (χ0n) is 11.2. The molecule has 2 unspecified atom stereocenters. The standard InChI is InChI=1S/C15H20BrNO2/c1-10-6-3-2-4-8-12(10)17-13-9-5-7-11(16)14(13)15(18)19/h5,7,9-10,12,17H,2-4,6,8H2,1H3,(H,18,19). The highest BCUT2D eigenvalue weighted by Crippen LogP contribution is 2.30. The van der Waals surface area contributed by atoms with Crippen LogP contribution in [0, 0.1) is 5.92 Å². The van der Waals surface area contributed by atoms with Gasteiger partial charge in [0.25, 0.3) is 0 Å². The van der Waals surface area contributed by atoms with Gasteiger partial charge in [-0.05, 0) is 46.8 Å². The van der Waals surface area contributed by atoms with E-state index in [1.807, 2.05) is 12.1 Å². The van der Waals surface area contributed by atoms with E-state index in [9.17, 15) is 9.90 Å². The SMILES string of the molecule is CC1CCCCCC1Nc1cccc(Br)c1C(=O)O. The summed E-state index contributed by atoms with van der Waals surface area (Å²) in [6, 6.07) is 5.87. The smallest absolute Gasteiger partial charge is 0.338 e. The number of rotatable bonds is 3. The van der Waals surface area contributed by atoms with Crippen LogP contribution in [0.15, 0.2) is 22.7 Å². The topological polar surface area (TPSA) is 49.3 Å². The molecule has 1 saturated carbocycles. The summed E-state index contributed by atoms with van der Waals surface area (Å²) < 4.78 is 0.631. The van der Waals surface area contributed by atoms with Crippen LogP contribution in [0.1, 0.15) is 49.4 Å². The van der Waals surface area contributed by atoms with Crippen molar-refractivity contribution in [1.29, 1.82) is 0 Å². The number of hydrogen-bond donors (Lipinski definition) is 2. The zero-order valence-corrected chi connectivity index (χ0v) is 12.7. The van der Waals surface area contributed by atoms with Crippen molar-refractivity contribution in [3.63, 3.8) is 0 Å². The number of benzene rings is 1. The molecule has 4 heteroatoms. The van der Waals surface area contributed by atoms with E-state index in [2.05, 4.69) is 28.2 Å². The van der Waals surface area contributed by atoms with Crippen LogP contribution in [0.4, 0.5) is 5.69 Å². The summed E-state index contributed by atoms with van der Waals surface area (Å²) in [5, 5.41) is 12.8. The second-order valence-corrected chi connectivity index (χ2v) is 6.19.